The van der Waals surface area contributed by atoms with Crippen LogP contribution in [0.15, 0.2) is 24.3 Å². The van der Waals surface area contributed by atoms with Gasteiger partial charge in [0.25, 0.3) is 0 Å². The molecule has 3 atom stereocenters. The second-order valence-corrected chi connectivity index (χ2v) is 6.93. The van der Waals surface area contributed by atoms with Crippen molar-refractivity contribution in [2.75, 3.05) is 7.11 Å². The van der Waals surface area contributed by atoms with Crippen LogP contribution in [0.3, 0.4) is 0 Å². The van der Waals surface area contributed by atoms with Gasteiger partial charge >= 0.3 is 5.97 Å². The van der Waals surface area contributed by atoms with Crippen molar-refractivity contribution < 1.29 is 19.4 Å². The number of aliphatic hydroxyl groups is 1. The normalized spacial score (nSPS) is 21.2. The standard InChI is InChI=1S/C21H34O4/c1-3-4-11-18(22)12-9-10-17-15-16-20(23)19(17)13-7-5-6-8-14-21(24)25-2/h9-10,15-19,22H,3-8,11-14H2,1-2H3/b10-9+/t17-,18?,19+/m0/s1. The van der Waals surface area contributed by atoms with Crippen LogP contribution in [0, 0.1) is 11.8 Å². The number of hydrogen-bond acceptors (Lipinski definition) is 4. The number of methoxy groups -OCH3 is 1. The second kappa shape index (κ2) is 12.9. The number of unbranched alkanes of at least 4 members (excludes halogenated alkanes) is 4. The Labute approximate surface area is 152 Å². The lowest BCUT2D eigenvalue weighted by Gasteiger charge is -2.15. The summed E-state index contributed by atoms with van der Waals surface area (Å²) in [4.78, 5) is 23.1. The summed E-state index contributed by atoms with van der Waals surface area (Å²) in [6.45, 7) is 2.12. The summed E-state index contributed by atoms with van der Waals surface area (Å²) < 4.78 is 4.62. The Balaban J connectivity index is 2.25. The van der Waals surface area contributed by atoms with Gasteiger partial charge in [0.2, 0.25) is 0 Å². The van der Waals surface area contributed by atoms with E-state index in [-0.39, 0.29) is 29.7 Å². The number of rotatable bonds is 13. The Bertz CT molecular complexity index is 453. The first-order chi connectivity index (χ1) is 12.1. The first kappa shape index (κ1) is 21.6. The molecule has 0 aromatic carbocycles. The highest BCUT2D eigenvalue weighted by Crippen LogP contribution is 2.29. The molecule has 142 valence electrons. The lowest BCUT2D eigenvalue weighted by Crippen LogP contribution is -2.14. The lowest BCUT2D eigenvalue weighted by atomic mass is 9.88. The third kappa shape index (κ3) is 9.01. The highest BCUT2D eigenvalue weighted by molar-refractivity contribution is 5.94. The molecule has 0 spiro atoms. The summed E-state index contributed by atoms with van der Waals surface area (Å²) in [6, 6.07) is 0. The third-order valence-electron chi connectivity index (χ3n) is 4.84. The Hall–Kier alpha value is -1.42. The van der Waals surface area contributed by atoms with Crippen LogP contribution in [0.4, 0.5) is 0 Å². The summed E-state index contributed by atoms with van der Waals surface area (Å²) in [7, 11) is 1.41. The zero-order chi connectivity index (χ0) is 18.5. The van der Waals surface area contributed by atoms with Gasteiger partial charge in [0, 0.05) is 18.3 Å². The Morgan fingerprint density at radius 3 is 2.76 bits per heavy atom. The lowest BCUT2D eigenvalue weighted by molar-refractivity contribution is -0.140. The number of ether oxygens (including phenoxy) is 1. The van der Waals surface area contributed by atoms with E-state index in [1.165, 1.54) is 7.11 Å². The summed E-state index contributed by atoms with van der Waals surface area (Å²) >= 11 is 0. The minimum Gasteiger partial charge on any atom is -0.469 e. The van der Waals surface area contributed by atoms with Gasteiger partial charge in [-0.2, -0.15) is 0 Å². The van der Waals surface area contributed by atoms with Crippen LogP contribution in [-0.2, 0) is 14.3 Å². The van der Waals surface area contributed by atoms with Gasteiger partial charge in [-0.25, -0.2) is 0 Å². The van der Waals surface area contributed by atoms with Crippen LogP contribution in [0.1, 0.15) is 71.1 Å². The van der Waals surface area contributed by atoms with E-state index in [9.17, 15) is 14.7 Å². The van der Waals surface area contributed by atoms with E-state index in [0.29, 0.717) is 12.8 Å². The number of carbonyl (C=O) groups excluding carboxylic acids is 2. The largest absolute Gasteiger partial charge is 0.469 e. The molecule has 0 aliphatic heterocycles. The molecule has 4 heteroatoms. The zero-order valence-electron chi connectivity index (χ0n) is 15.8. The number of aliphatic hydroxyl groups excluding tert-OH is 1. The quantitative estimate of drug-likeness (QED) is 0.304. The van der Waals surface area contributed by atoms with Gasteiger partial charge in [-0.15, -0.1) is 0 Å². The summed E-state index contributed by atoms with van der Waals surface area (Å²) in [6.07, 6.45) is 16.4. The van der Waals surface area contributed by atoms with Crippen molar-refractivity contribution in [1.82, 2.24) is 0 Å². The first-order valence-electron chi connectivity index (χ1n) is 9.72. The van der Waals surface area contributed by atoms with Gasteiger partial charge in [0.1, 0.15) is 0 Å². The van der Waals surface area contributed by atoms with Gasteiger partial charge in [0.15, 0.2) is 5.78 Å². The minimum absolute atomic E-state index is 0.0460. The molecule has 1 unspecified atom stereocenters. The van der Waals surface area contributed by atoms with Crippen LogP contribution in [0.5, 0.6) is 0 Å². The maximum atomic E-state index is 12.0. The van der Waals surface area contributed by atoms with E-state index < -0.39 is 0 Å². The molecule has 4 nitrogen and oxygen atoms in total. The van der Waals surface area contributed by atoms with Crippen molar-refractivity contribution in [3.05, 3.63) is 24.3 Å². The van der Waals surface area contributed by atoms with Crippen molar-refractivity contribution >= 4 is 11.8 Å². The molecule has 0 bridgehead atoms. The average molecular weight is 350 g/mol. The summed E-state index contributed by atoms with van der Waals surface area (Å²) in [5, 5.41) is 9.88. The molecule has 0 amide bonds. The molecule has 0 saturated carbocycles. The average Bonchev–Trinajstić information content (AvgIpc) is 2.95. The summed E-state index contributed by atoms with van der Waals surface area (Å²) in [5.74, 6) is 0.280. The molecule has 25 heavy (non-hydrogen) atoms. The molecule has 0 saturated heterocycles. The molecule has 1 rings (SSSR count). The highest BCUT2D eigenvalue weighted by Gasteiger charge is 2.27. The fourth-order valence-electron chi connectivity index (χ4n) is 3.23. The van der Waals surface area contributed by atoms with Crippen LogP contribution < -0.4 is 0 Å². The fraction of sp³-hybridized carbons (Fsp3) is 0.714. The van der Waals surface area contributed by atoms with Crippen LogP contribution in [0.25, 0.3) is 0 Å². The molecule has 0 radical (unpaired) electrons. The van der Waals surface area contributed by atoms with Gasteiger partial charge in [-0.3, -0.25) is 9.59 Å². The number of esters is 1. The first-order valence-corrected chi connectivity index (χ1v) is 9.72. The second-order valence-electron chi connectivity index (χ2n) is 6.93. The van der Waals surface area contributed by atoms with Crippen molar-refractivity contribution in [2.24, 2.45) is 11.8 Å². The van der Waals surface area contributed by atoms with E-state index in [2.05, 4.69) is 17.7 Å². The highest BCUT2D eigenvalue weighted by atomic mass is 16.5. The van der Waals surface area contributed by atoms with Crippen molar-refractivity contribution in [3.63, 3.8) is 0 Å². The van der Waals surface area contributed by atoms with E-state index >= 15 is 0 Å². The molecular weight excluding hydrogens is 316 g/mol. The Morgan fingerprint density at radius 1 is 1.28 bits per heavy atom. The molecular formula is C21H34O4. The zero-order valence-corrected chi connectivity index (χ0v) is 15.8. The molecule has 0 aromatic rings. The van der Waals surface area contributed by atoms with Crippen LogP contribution >= 0.6 is 0 Å². The van der Waals surface area contributed by atoms with E-state index in [1.54, 1.807) is 6.08 Å². The van der Waals surface area contributed by atoms with Crippen molar-refractivity contribution in [1.29, 1.82) is 0 Å². The van der Waals surface area contributed by atoms with Crippen LogP contribution in [-0.4, -0.2) is 30.1 Å². The molecule has 0 fully saturated rings. The number of ketones is 1. The third-order valence-corrected chi connectivity index (χ3v) is 4.84. The Kier molecular flexibility index (Phi) is 11.1. The van der Waals surface area contributed by atoms with E-state index in [0.717, 1.165) is 51.4 Å². The topological polar surface area (TPSA) is 63.6 Å². The molecule has 1 N–H and O–H groups in total. The van der Waals surface area contributed by atoms with Gasteiger partial charge < -0.3 is 9.84 Å². The number of carbonyl (C=O) groups is 2. The maximum absolute atomic E-state index is 12.0. The number of hydrogen-bond donors (Lipinski definition) is 1. The van der Waals surface area contributed by atoms with E-state index in [1.807, 2.05) is 12.2 Å². The molecule has 1 aliphatic carbocycles. The molecule has 1 aliphatic rings. The smallest absolute Gasteiger partial charge is 0.305 e. The van der Waals surface area contributed by atoms with Crippen molar-refractivity contribution in [2.45, 2.75) is 77.2 Å². The number of allylic oxidation sites excluding steroid dienone is 3. The predicted octanol–water partition coefficient (Wildman–Crippen LogP) is 4.37. The predicted molar refractivity (Wildman–Crippen MR) is 100 cm³/mol. The summed E-state index contributed by atoms with van der Waals surface area (Å²) in [5.41, 5.74) is 0. The SMILES string of the molecule is CCCCC(O)C/C=C/[C@H]1C=CC(=O)[C@@H]1CCCCCCC(=O)OC. The Morgan fingerprint density at radius 2 is 2.04 bits per heavy atom. The van der Waals surface area contributed by atoms with Gasteiger partial charge in [0.05, 0.1) is 13.2 Å². The fourth-order valence-corrected chi connectivity index (χ4v) is 3.23. The monoisotopic (exact) mass is 350 g/mol. The minimum atomic E-state index is -0.273. The van der Waals surface area contributed by atoms with Crippen molar-refractivity contribution in [3.8, 4) is 0 Å². The van der Waals surface area contributed by atoms with Crippen LogP contribution in [0.2, 0.25) is 0 Å². The van der Waals surface area contributed by atoms with Gasteiger partial charge in [-0.1, -0.05) is 57.3 Å². The molecule has 0 heterocycles. The van der Waals surface area contributed by atoms with Gasteiger partial charge in [-0.05, 0) is 31.8 Å². The maximum Gasteiger partial charge on any atom is 0.305 e. The van der Waals surface area contributed by atoms with E-state index in [4.69, 9.17) is 0 Å². The molecule has 0 aromatic heterocycles.